The summed E-state index contributed by atoms with van der Waals surface area (Å²) in [6, 6.07) is 13.6. The molecule has 1 amide bonds. The Balaban J connectivity index is 1.88. The smallest absolute Gasteiger partial charge is 0.251 e. The fourth-order valence-electron chi connectivity index (χ4n) is 3.51. The van der Waals surface area contributed by atoms with E-state index in [1.165, 1.54) is 12.8 Å². The molecular formula is C22H27N3O. The van der Waals surface area contributed by atoms with Crippen molar-refractivity contribution in [2.45, 2.75) is 19.8 Å². The Morgan fingerprint density at radius 2 is 1.81 bits per heavy atom. The molecule has 3 N–H and O–H groups in total. The van der Waals surface area contributed by atoms with E-state index in [1.807, 2.05) is 36.4 Å². The van der Waals surface area contributed by atoms with E-state index >= 15 is 0 Å². The lowest BCUT2D eigenvalue weighted by Crippen LogP contribution is -2.33. The number of anilines is 2. The summed E-state index contributed by atoms with van der Waals surface area (Å²) >= 11 is 0. The molecule has 0 atom stereocenters. The van der Waals surface area contributed by atoms with Gasteiger partial charge in [-0.05, 0) is 53.7 Å². The normalized spacial score (nSPS) is 14.9. The zero-order valence-corrected chi connectivity index (χ0v) is 15.6. The van der Waals surface area contributed by atoms with Gasteiger partial charge in [-0.1, -0.05) is 37.8 Å². The number of nitrogens with two attached hydrogens (primary N) is 1. The van der Waals surface area contributed by atoms with Crippen LogP contribution >= 0.6 is 0 Å². The fraction of sp³-hybridized carbons (Fsp3) is 0.318. The summed E-state index contributed by atoms with van der Waals surface area (Å²) in [7, 11) is 1.63. The molecule has 1 fully saturated rings. The van der Waals surface area contributed by atoms with Crippen LogP contribution in [0.1, 0.15) is 41.3 Å². The van der Waals surface area contributed by atoms with Crippen LogP contribution in [-0.4, -0.2) is 26.0 Å². The van der Waals surface area contributed by atoms with Crippen molar-refractivity contribution in [3.63, 3.8) is 0 Å². The summed E-state index contributed by atoms with van der Waals surface area (Å²) < 4.78 is 0. The molecule has 2 aromatic carbocycles. The first-order valence-corrected chi connectivity index (χ1v) is 9.16. The van der Waals surface area contributed by atoms with Crippen LogP contribution in [0, 0.1) is 5.92 Å². The highest BCUT2D eigenvalue weighted by atomic mass is 16.1. The van der Waals surface area contributed by atoms with Crippen LogP contribution in [0.15, 0.2) is 49.0 Å². The number of benzene rings is 2. The van der Waals surface area contributed by atoms with Gasteiger partial charge in [0.15, 0.2) is 0 Å². The third kappa shape index (κ3) is 3.59. The lowest BCUT2D eigenvalue weighted by molar-refractivity contribution is 0.0963. The summed E-state index contributed by atoms with van der Waals surface area (Å²) in [5.41, 5.74) is 11.4. The van der Waals surface area contributed by atoms with Crippen LogP contribution in [0.2, 0.25) is 0 Å². The van der Waals surface area contributed by atoms with Crippen LogP contribution in [-0.2, 0) is 0 Å². The molecular weight excluding hydrogens is 322 g/mol. The van der Waals surface area contributed by atoms with Crippen molar-refractivity contribution in [2.75, 3.05) is 30.8 Å². The maximum absolute atomic E-state index is 12.1. The third-order valence-corrected chi connectivity index (χ3v) is 5.22. The van der Waals surface area contributed by atoms with Gasteiger partial charge in [0.05, 0.1) is 11.4 Å². The number of piperidine rings is 1. The molecule has 1 saturated heterocycles. The second kappa shape index (κ2) is 7.65. The number of nitrogens with zero attached hydrogens (tertiary/aromatic N) is 1. The van der Waals surface area contributed by atoms with Gasteiger partial charge in [-0.3, -0.25) is 4.79 Å². The zero-order chi connectivity index (χ0) is 18.7. The summed E-state index contributed by atoms with van der Waals surface area (Å²) in [5.74, 6) is 0.668. The minimum absolute atomic E-state index is 0.117. The number of nitrogen functional groups attached to an aromatic ring is 1. The van der Waals surface area contributed by atoms with Crippen LogP contribution in [0.25, 0.3) is 5.57 Å². The average Bonchev–Trinajstić information content (AvgIpc) is 2.67. The van der Waals surface area contributed by atoms with Gasteiger partial charge >= 0.3 is 0 Å². The van der Waals surface area contributed by atoms with Gasteiger partial charge in [-0.25, -0.2) is 0 Å². The Hall–Kier alpha value is -2.75. The lowest BCUT2D eigenvalue weighted by atomic mass is 9.93. The second-order valence-electron chi connectivity index (χ2n) is 7.05. The molecule has 0 saturated carbocycles. The molecule has 0 bridgehead atoms. The highest BCUT2D eigenvalue weighted by Gasteiger charge is 2.19. The molecule has 26 heavy (non-hydrogen) atoms. The maximum Gasteiger partial charge on any atom is 0.251 e. The molecule has 2 aromatic rings. The molecule has 0 spiro atoms. The number of nitrogens with one attached hydrogen (secondary N) is 1. The molecule has 4 heteroatoms. The number of hydrogen-bond donors (Lipinski definition) is 2. The first-order valence-electron chi connectivity index (χ1n) is 9.16. The Morgan fingerprint density at radius 1 is 1.15 bits per heavy atom. The first-order chi connectivity index (χ1) is 12.5. The van der Waals surface area contributed by atoms with E-state index in [2.05, 4.69) is 29.8 Å². The van der Waals surface area contributed by atoms with Crippen LogP contribution in [0.4, 0.5) is 11.4 Å². The summed E-state index contributed by atoms with van der Waals surface area (Å²) in [6.45, 7) is 8.61. The van der Waals surface area contributed by atoms with E-state index < -0.39 is 0 Å². The summed E-state index contributed by atoms with van der Waals surface area (Å²) in [6.07, 6.45) is 2.40. The Kier molecular flexibility index (Phi) is 5.31. The number of hydrogen-bond acceptors (Lipinski definition) is 3. The molecule has 0 radical (unpaired) electrons. The fourth-order valence-corrected chi connectivity index (χ4v) is 3.51. The SMILES string of the molecule is C=C(c1ccc(N2CCC(C)CC2)c(N)c1)c1ccccc1C(=O)NC. The van der Waals surface area contributed by atoms with Gasteiger partial charge in [-0.2, -0.15) is 0 Å². The maximum atomic E-state index is 12.1. The molecule has 0 aliphatic carbocycles. The number of carbonyl (C=O) groups is 1. The predicted molar refractivity (Wildman–Crippen MR) is 109 cm³/mol. The first kappa shape index (κ1) is 18.1. The monoisotopic (exact) mass is 349 g/mol. The number of amides is 1. The van der Waals surface area contributed by atoms with E-state index in [9.17, 15) is 4.79 Å². The van der Waals surface area contributed by atoms with E-state index in [0.717, 1.165) is 47.1 Å². The molecule has 3 rings (SSSR count). The standard InChI is InChI=1S/C22H27N3O/c1-15-10-12-25(13-11-15)21-9-8-17(14-20(21)23)16(2)18-6-4-5-7-19(18)22(26)24-3/h4-9,14-15H,2,10-13,23H2,1,3H3,(H,24,26). The van der Waals surface area contributed by atoms with Crippen molar-refractivity contribution in [3.05, 3.63) is 65.7 Å². The van der Waals surface area contributed by atoms with Crippen LogP contribution in [0.3, 0.4) is 0 Å². The van der Waals surface area contributed by atoms with Gasteiger partial charge < -0.3 is 16.0 Å². The molecule has 1 heterocycles. The van der Waals surface area contributed by atoms with Crippen molar-refractivity contribution in [2.24, 2.45) is 5.92 Å². The Labute approximate surface area is 155 Å². The van der Waals surface area contributed by atoms with Gasteiger partial charge in [0.1, 0.15) is 0 Å². The van der Waals surface area contributed by atoms with Gasteiger partial charge in [0.25, 0.3) is 5.91 Å². The zero-order valence-electron chi connectivity index (χ0n) is 15.6. The van der Waals surface area contributed by atoms with E-state index in [-0.39, 0.29) is 5.91 Å². The van der Waals surface area contributed by atoms with Gasteiger partial charge in [-0.15, -0.1) is 0 Å². The summed E-state index contributed by atoms with van der Waals surface area (Å²) in [4.78, 5) is 14.5. The van der Waals surface area contributed by atoms with E-state index in [4.69, 9.17) is 5.73 Å². The molecule has 136 valence electrons. The van der Waals surface area contributed by atoms with Crippen molar-refractivity contribution in [3.8, 4) is 0 Å². The van der Waals surface area contributed by atoms with Crippen molar-refractivity contribution in [1.29, 1.82) is 0 Å². The minimum Gasteiger partial charge on any atom is -0.397 e. The Morgan fingerprint density at radius 3 is 2.42 bits per heavy atom. The molecule has 0 unspecified atom stereocenters. The lowest BCUT2D eigenvalue weighted by Gasteiger charge is -2.33. The predicted octanol–water partition coefficient (Wildman–Crippen LogP) is 3.93. The number of rotatable bonds is 4. The second-order valence-corrected chi connectivity index (χ2v) is 7.05. The average molecular weight is 349 g/mol. The Bertz CT molecular complexity index is 820. The molecule has 1 aliphatic rings. The minimum atomic E-state index is -0.117. The molecule has 0 aromatic heterocycles. The summed E-state index contributed by atoms with van der Waals surface area (Å²) in [5, 5.41) is 2.68. The van der Waals surface area contributed by atoms with E-state index in [1.54, 1.807) is 7.05 Å². The van der Waals surface area contributed by atoms with Crippen molar-refractivity contribution < 1.29 is 4.79 Å². The van der Waals surface area contributed by atoms with Gasteiger partial charge in [0.2, 0.25) is 0 Å². The van der Waals surface area contributed by atoms with E-state index in [0.29, 0.717) is 5.56 Å². The van der Waals surface area contributed by atoms with Crippen LogP contribution in [0.5, 0.6) is 0 Å². The quantitative estimate of drug-likeness (QED) is 0.823. The van der Waals surface area contributed by atoms with Crippen LogP contribution < -0.4 is 16.0 Å². The molecule has 1 aliphatic heterocycles. The third-order valence-electron chi connectivity index (χ3n) is 5.22. The highest BCUT2D eigenvalue weighted by Crippen LogP contribution is 2.32. The largest absolute Gasteiger partial charge is 0.397 e. The number of carbonyl (C=O) groups excluding carboxylic acids is 1. The van der Waals surface area contributed by atoms with Crippen molar-refractivity contribution >= 4 is 22.9 Å². The molecule has 4 nitrogen and oxygen atoms in total. The van der Waals surface area contributed by atoms with Crippen molar-refractivity contribution in [1.82, 2.24) is 5.32 Å². The topological polar surface area (TPSA) is 58.4 Å². The van der Waals surface area contributed by atoms with Gasteiger partial charge in [0, 0.05) is 25.7 Å². The highest BCUT2D eigenvalue weighted by molar-refractivity contribution is 6.00.